The van der Waals surface area contributed by atoms with Crippen molar-refractivity contribution < 1.29 is 33.4 Å². The lowest BCUT2D eigenvalue weighted by Gasteiger charge is -2.20. The largest absolute Gasteiger partial charge is 0.497 e. The lowest BCUT2D eigenvalue weighted by Crippen LogP contribution is -2.42. The summed E-state index contributed by atoms with van der Waals surface area (Å²) < 4.78 is 15.4. The van der Waals surface area contributed by atoms with Crippen LogP contribution in [-0.2, 0) is 19.1 Å². The highest BCUT2D eigenvalue weighted by molar-refractivity contribution is 6.01. The SMILES string of the molecule is COc1ccc(N2C[C@H](C(=O)OCC(=O)NC(=O)NCC(C)C)CC2=O)c(OC)c1. The van der Waals surface area contributed by atoms with Crippen LogP contribution in [0.3, 0.4) is 0 Å². The highest BCUT2D eigenvalue weighted by atomic mass is 16.5. The van der Waals surface area contributed by atoms with Crippen molar-refractivity contribution in [3.8, 4) is 11.5 Å². The van der Waals surface area contributed by atoms with Crippen molar-refractivity contribution in [3.63, 3.8) is 0 Å². The summed E-state index contributed by atoms with van der Waals surface area (Å²) in [5, 5.41) is 4.60. The molecule has 0 bridgehead atoms. The van der Waals surface area contributed by atoms with Crippen LogP contribution in [0.25, 0.3) is 0 Å². The lowest BCUT2D eigenvalue weighted by molar-refractivity contribution is -0.152. The number of anilines is 1. The number of carbonyl (C=O) groups excluding carboxylic acids is 4. The number of hydrogen-bond donors (Lipinski definition) is 2. The number of nitrogens with zero attached hydrogens (tertiary/aromatic N) is 1. The Morgan fingerprint density at radius 3 is 2.57 bits per heavy atom. The number of hydrogen-bond acceptors (Lipinski definition) is 7. The van der Waals surface area contributed by atoms with Crippen molar-refractivity contribution >= 4 is 29.5 Å². The molecule has 0 spiro atoms. The molecule has 1 fully saturated rings. The average Bonchev–Trinajstić information content (AvgIpc) is 3.11. The van der Waals surface area contributed by atoms with Gasteiger partial charge >= 0.3 is 12.0 Å². The smallest absolute Gasteiger partial charge is 0.321 e. The Kier molecular flexibility index (Phi) is 8.02. The van der Waals surface area contributed by atoms with Crippen LogP contribution in [-0.4, -0.2) is 57.7 Å². The molecule has 0 aromatic heterocycles. The zero-order valence-corrected chi connectivity index (χ0v) is 17.5. The van der Waals surface area contributed by atoms with Gasteiger partial charge < -0.3 is 24.4 Å². The molecule has 0 unspecified atom stereocenters. The first-order valence-corrected chi connectivity index (χ1v) is 9.51. The van der Waals surface area contributed by atoms with E-state index in [9.17, 15) is 19.2 Å². The fourth-order valence-corrected chi connectivity index (χ4v) is 2.86. The number of esters is 1. The van der Waals surface area contributed by atoms with Crippen LogP contribution in [0, 0.1) is 11.8 Å². The molecule has 2 N–H and O–H groups in total. The van der Waals surface area contributed by atoms with Gasteiger partial charge in [-0.3, -0.25) is 19.7 Å². The molecule has 30 heavy (non-hydrogen) atoms. The number of amides is 4. The molecule has 1 saturated heterocycles. The first kappa shape index (κ1) is 23.0. The maximum Gasteiger partial charge on any atom is 0.321 e. The van der Waals surface area contributed by atoms with E-state index < -0.39 is 30.4 Å². The highest BCUT2D eigenvalue weighted by Crippen LogP contribution is 2.35. The number of rotatable bonds is 8. The first-order valence-electron chi connectivity index (χ1n) is 9.51. The third-order valence-electron chi connectivity index (χ3n) is 4.41. The minimum Gasteiger partial charge on any atom is -0.497 e. The van der Waals surface area contributed by atoms with E-state index in [0.29, 0.717) is 23.7 Å². The van der Waals surface area contributed by atoms with E-state index in [2.05, 4.69) is 10.6 Å². The second-order valence-electron chi connectivity index (χ2n) is 7.20. The fourth-order valence-electron chi connectivity index (χ4n) is 2.86. The number of carbonyl (C=O) groups is 4. The highest BCUT2D eigenvalue weighted by Gasteiger charge is 2.37. The quantitative estimate of drug-likeness (QED) is 0.602. The first-order chi connectivity index (χ1) is 14.2. The normalized spacial score (nSPS) is 15.7. The summed E-state index contributed by atoms with van der Waals surface area (Å²) in [6.07, 6.45) is -0.0511. The topological polar surface area (TPSA) is 123 Å². The van der Waals surface area contributed by atoms with Crippen LogP contribution in [0.4, 0.5) is 10.5 Å². The van der Waals surface area contributed by atoms with Crippen LogP contribution in [0.1, 0.15) is 20.3 Å². The summed E-state index contributed by atoms with van der Waals surface area (Å²) in [5.74, 6) is -1.19. The van der Waals surface area contributed by atoms with Gasteiger partial charge in [-0.05, 0) is 18.1 Å². The number of methoxy groups -OCH3 is 2. The summed E-state index contributed by atoms with van der Waals surface area (Å²) in [6, 6.07) is 4.35. The van der Waals surface area contributed by atoms with Crippen LogP contribution in [0.2, 0.25) is 0 Å². The molecule has 1 aliphatic heterocycles. The van der Waals surface area contributed by atoms with Crippen molar-refractivity contribution in [2.24, 2.45) is 11.8 Å². The number of imide groups is 1. The van der Waals surface area contributed by atoms with Gasteiger partial charge in [-0.2, -0.15) is 0 Å². The van der Waals surface area contributed by atoms with Crippen LogP contribution in [0.15, 0.2) is 18.2 Å². The summed E-state index contributed by atoms with van der Waals surface area (Å²) in [4.78, 5) is 49.5. The number of benzene rings is 1. The monoisotopic (exact) mass is 421 g/mol. The van der Waals surface area contributed by atoms with Gasteiger partial charge in [0.2, 0.25) is 5.91 Å². The van der Waals surface area contributed by atoms with Crippen LogP contribution in [0.5, 0.6) is 11.5 Å². The van der Waals surface area contributed by atoms with Gasteiger partial charge in [-0.1, -0.05) is 13.8 Å². The molecule has 1 aliphatic rings. The zero-order valence-electron chi connectivity index (χ0n) is 17.5. The van der Waals surface area contributed by atoms with Crippen molar-refractivity contribution in [1.29, 1.82) is 0 Å². The maximum atomic E-state index is 12.4. The summed E-state index contributed by atoms with van der Waals surface area (Å²) in [6.45, 7) is 3.73. The summed E-state index contributed by atoms with van der Waals surface area (Å²) >= 11 is 0. The van der Waals surface area contributed by atoms with E-state index in [4.69, 9.17) is 14.2 Å². The standard InChI is InChI=1S/C20H27N3O7/c1-12(2)9-21-20(27)22-17(24)11-30-19(26)13-7-18(25)23(10-13)15-6-5-14(28-3)8-16(15)29-4/h5-6,8,12-13H,7,9-11H2,1-4H3,(H2,21,22,24,27)/t13-/m1/s1. The van der Waals surface area contributed by atoms with Crippen molar-refractivity contribution in [2.45, 2.75) is 20.3 Å². The second-order valence-corrected chi connectivity index (χ2v) is 7.20. The molecule has 1 heterocycles. The van der Waals surface area contributed by atoms with Crippen molar-refractivity contribution in [2.75, 3.05) is 38.8 Å². The predicted molar refractivity (Wildman–Crippen MR) is 107 cm³/mol. The average molecular weight is 421 g/mol. The van der Waals surface area contributed by atoms with Crippen molar-refractivity contribution in [1.82, 2.24) is 10.6 Å². The van der Waals surface area contributed by atoms with E-state index in [1.807, 2.05) is 13.8 Å². The molecule has 164 valence electrons. The Hall–Kier alpha value is -3.30. The Morgan fingerprint density at radius 2 is 1.93 bits per heavy atom. The molecule has 2 rings (SSSR count). The van der Waals surface area contributed by atoms with Crippen LogP contribution >= 0.6 is 0 Å². The summed E-state index contributed by atoms with van der Waals surface area (Å²) in [7, 11) is 2.99. The van der Waals surface area contributed by atoms with Gasteiger partial charge in [-0.15, -0.1) is 0 Å². The van der Waals surface area contributed by atoms with Gasteiger partial charge in [0.25, 0.3) is 5.91 Å². The lowest BCUT2D eigenvalue weighted by atomic mass is 10.1. The van der Waals surface area contributed by atoms with E-state index in [1.165, 1.54) is 19.1 Å². The third-order valence-corrected chi connectivity index (χ3v) is 4.41. The molecule has 1 aromatic carbocycles. The maximum absolute atomic E-state index is 12.4. The van der Waals surface area contributed by atoms with Gasteiger partial charge in [-0.25, -0.2) is 4.79 Å². The molecule has 1 aromatic rings. The minimum absolute atomic E-state index is 0.0511. The van der Waals surface area contributed by atoms with E-state index in [1.54, 1.807) is 18.2 Å². The molecule has 0 saturated carbocycles. The fraction of sp³-hybridized carbons (Fsp3) is 0.500. The molecular formula is C20H27N3O7. The number of urea groups is 1. The number of ether oxygens (including phenoxy) is 3. The number of nitrogens with one attached hydrogen (secondary N) is 2. The van der Waals surface area contributed by atoms with Crippen LogP contribution < -0.4 is 25.0 Å². The zero-order chi connectivity index (χ0) is 22.3. The minimum atomic E-state index is -0.748. The van der Waals surface area contributed by atoms with Gasteiger partial charge in [0.15, 0.2) is 6.61 Å². The van der Waals surface area contributed by atoms with Gasteiger partial charge in [0.1, 0.15) is 11.5 Å². The van der Waals surface area contributed by atoms with Gasteiger partial charge in [0.05, 0.1) is 25.8 Å². The Morgan fingerprint density at radius 1 is 1.20 bits per heavy atom. The predicted octanol–water partition coefficient (Wildman–Crippen LogP) is 1.08. The Labute approximate surface area is 174 Å². The molecule has 1 atom stereocenters. The molecular weight excluding hydrogens is 394 g/mol. The molecule has 0 radical (unpaired) electrons. The Bertz CT molecular complexity index is 810. The molecule has 0 aliphatic carbocycles. The van der Waals surface area contributed by atoms with E-state index in [0.717, 1.165) is 0 Å². The third kappa shape index (κ3) is 6.10. The van der Waals surface area contributed by atoms with E-state index >= 15 is 0 Å². The summed E-state index contributed by atoms with van der Waals surface area (Å²) in [5.41, 5.74) is 0.512. The molecule has 4 amide bonds. The molecule has 10 nitrogen and oxygen atoms in total. The van der Waals surface area contributed by atoms with Crippen molar-refractivity contribution in [3.05, 3.63) is 18.2 Å². The molecule has 10 heteroatoms. The Balaban J connectivity index is 1.89. The second kappa shape index (κ2) is 10.5. The van der Waals surface area contributed by atoms with Gasteiger partial charge in [0, 0.05) is 25.6 Å². The van der Waals surface area contributed by atoms with E-state index in [-0.39, 0.29) is 24.8 Å².